The zero-order valence-corrected chi connectivity index (χ0v) is 13.7. The number of benzene rings is 1. The fourth-order valence-electron chi connectivity index (χ4n) is 1.62. The summed E-state index contributed by atoms with van der Waals surface area (Å²) in [4.78, 5) is 16.4. The van der Waals surface area contributed by atoms with Gasteiger partial charge in [-0.15, -0.1) is 6.58 Å². The predicted octanol–water partition coefficient (Wildman–Crippen LogP) is 1.78. The SMILES string of the molecule is C=CCNC(=S)NNC(=O)[C@H](C)Nc1nc2ccccc2s1. The molecule has 0 bridgehead atoms. The Balaban J connectivity index is 1.85. The molecule has 8 heteroatoms. The lowest BCUT2D eigenvalue weighted by Gasteiger charge is -2.15. The molecule has 1 atom stereocenters. The molecule has 0 saturated heterocycles. The molecule has 1 aromatic carbocycles. The highest BCUT2D eigenvalue weighted by atomic mass is 32.1. The Bertz CT molecular complexity index is 652. The molecule has 1 amide bonds. The Morgan fingerprint density at radius 1 is 1.45 bits per heavy atom. The topological polar surface area (TPSA) is 78.1 Å². The van der Waals surface area contributed by atoms with Crippen molar-refractivity contribution in [2.75, 3.05) is 11.9 Å². The first kappa shape index (κ1) is 16.2. The lowest BCUT2D eigenvalue weighted by Crippen LogP contribution is -2.50. The molecule has 22 heavy (non-hydrogen) atoms. The van der Waals surface area contributed by atoms with Crippen molar-refractivity contribution in [3.05, 3.63) is 36.9 Å². The average molecular weight is 335 g/mol. The first-order chi connectivity index (χ1) is 10.6. The van der Waals surface area contributed by atoms with Crippen LogP contribution in [0.15, 0.2) is 36.9 Å². The maximum atomic E-state index is 12.0. The molecule has 0 spiro atoms. The number of carbonyl (C=O) groups is 1. The molecule has 0 unspecified atom stereocenters. The van der Waals surface area contributed by atoms with Crippen LogP contribution in [-0.2, 0) is 4.79 Å². The van der Waals surface area contributed by atoms with Crippen LogP contribution >= 0.6 is 23.6 Å². The molecule has 0 aliphatic rings. The number of nitrogens with one attached hydrogen (secondary N) is 4. The lowest BCUT2D eigenvalue weighted by atomic mass is 10.3. The van der Waals surface area contributed by atoms with E-state index in [0.717, 1.165) is 10.2 Å². The summed E-state index contributed by atoms with van der Waals surface area (Å²) >= 11 is 6.49. The van der Waals surface area contributed by atoms with Gasteiger partial charge in [-0.05, 0) is 31.3 Å². The van der Waals surface area contributed by atoms with E-state index in [2.05, 4.69) is 33.0 Å². The van der Waals surface area contributed by atoms with E-state index in [1.807, 2.05) is 24.3 Å². The van der Waals surface area contributed by atoms with Gasteiger partial charge in [-0.3, -0.25) is 15.6 Å². The Morgan fingerprint density at radius 3 is 2.95 bits per heavy atom. The van der Waals surface area contributed by atoms with Crippen LogP contribution in [0.2, 0.25) is 0 Å². The molecule has 6 nitrogen and oxygen atoms in total. The third-order valence-corrected chi connectivity index (χ3v) is 3.95. The Hall–Kier alpha value is -2.19. The number of hydrogen-bond acceptors (Lipinski definition) is 5. The van der Waals surface area contributed by atoms with E-state index in [1.165, 1.54) is 11.3 Å². The van der Waals surface area contributed by atoms with Gasteiger partial charge in [0.15, 0.2) is 10.2 Å². The standard InChI is InChI=1S/C14H17N5OS2/c1-3-8-15-13(21)19-18-12(20)9(2)16-14-17-10-6-4-5-7-11(10)22-14/h3-7,9H,1,8H2,2H3,(H,16,17)(H,18,20)(H2,15,19,21)/t9-/m0/s1. The van der Waals surface area contributed by atoms with Gasteiger partial charge in [0.25, 0.3) is 5.91 Å². The van der Waals surface area contributed by atoms with E-state index in [9.17, 15) is 4.79 Å². The Kier molecular flexibility index (Phi) is 5.68. The number of thiazole rings is 1. The zero-order chi connectivity index (χ0) is 15.9. The minimum Gasteiger partial charge on any atom is -0.358 e. The second-order valence-corrected chi connectivity index (χ2v) is 5.90. The minimum absolute atomic E-state index is 0.234. The van der Waals surface area contributed by atoms with Crippen molar-refractivity contribution < 1.29 is 4.79 Å². The van der Waals surface area contributed by atoms with Gasteiger partial charge >= 0.3 is 0 Å². The maximum absolute atomic E-state index is 12.0. The fraction of sp³-hybridized carbons (Fsp3) is 0.214. The third kappa shape index (κ3) is 4.40. The van der Waals surface area contributed by atoms with E-state index in [4.69, 9.17) is 12.2 Å². The summed E-state index contributed by atoms with van der Waals surface area (Å²) in [6.07, 6.45) is 1.67. The van der Waals surface area contributed by atoms with Crippen molar-refractivity contribution in [2.24, 2.45) is 0 Å². The number of para-hydroxylation sites is 1. The van der Waals surface area contributed by atoms with Crippen LogP contribution in [0.25, 0.3) is 10.2 Å². The summed E-state index contributed by atoms with van der Waals surface area (Å²) in [5, 5.41) is 6.96. The number of hydrazine groups is 1. The summed E-state index contributed by atoms with van der Waals surface area (Å²) in [5.74, 6) is -0.234. The van der Waals surface area contributed by atoms with Crippen molar-refractivity contribution in [1.29, 1.82) is 0 Å². The van der Waals surface area contributed by atoms with Gasteiger partial charge in [0.1, 0.15) is 6.04 Å². The summed E-state index contributed by atoms with van der Waals surface area (Å²) < 4.78 is 1.07. The highest BCUT2D eigenvalue weighted by molar-refractivity contribution is 7.80. The van der Waals surface area contributed by atoms with Gasteiger partial charge in [0.05, 0.1) is 10.2 Å². The third-order valence-electron chi connectivity index (χ3n) is 2.73. The van der Waals surface area contributed by atoms with Gasteiger partial charge in [0, 0.05) is 6.54 Å². The quantitative estimate of drug-likeness (QED) is 0.379. The van der Waals surface area contributed by atoms with Crippen LogP contribution in [0.4, 0.5) is 5.13 Å². The van der Waals surface area contributed by atoms with Crippen LogP contribution < -0.4 is 21.5 Å². The molecular weight excluding hydrogens is 318 g/mol. The molecule has 0 saturated carbocycles. The van der Waals surface area contributed by atoms with Crippen LogP contribution in [0.1, 0.15) is 6.92 Å². The predicted molar refractivity (Wildman–Crippen MR) is 94.8 cm³/mol. The van der Waals surface area contributed by atoms with Crippen LogP contribution in [0.5, 0.6) is 0 Å². The van der Waals surface area contributed by atoms with E-state index in [1.54, 1.807) is 13.0 Å². The van der Waals surface area contributed by atoms with Crippen molar-refractivity contribution >= 4 is 49.9 Å². The molecule has 0 fully saturated rings. The summed E-state index contributed by atoms with van der Waals surface area (Å²) in [6, 6.07) is 7.38. The smallest absolute Gasteiger partial charge is 0.260 e. The highest BCUT2D eigenvalue weighted by Gasteiger charge is 2.14. The molecule has 2 aromatic rings. The number of amides is 1. The van der Waals surface area contributed by atoms with Crippen LogP contribution in [0.3, 0.4) is 0 Å². The summed E-state index contributed by atoms with van der Waals surface area (Å²) in [6.45, 7) is 5.85. The number of rotatable bonds is 5. The molecule has 1 aromatic heterocycles. The van der Waals surface area contributed by atoms with Crippen LogP contribution in [0, 0.1) is 0 Å². The molecule has 2 rings (SSSR count). The average Bonchev–Trinajstić information content (AvgIpc) is 2.92. The second kappa shape index (κ2) is 7.71. The largest absolute Gasteiger partial charge is 0.358 e. The molecule has 116 valence electrons. The van der Waals surface area contributed by atoms with Gasteiger partial charge in [-0.25, -0.2) is 4.98 Å². The van der Waals surface area contributed by atoms with E-state index in [-0.39, 0.29) is 5.91 Å². The number of carbonyl (C=O) groups excluding carboxylic acids is 1. The molecule has 4 N–H and O–H groups in total. The number of hydrogen-bond donors (Lipinski definition) is 4. The van der Waals surface area contributed by atoms with Crippen LogP contribution in [-0.4, -0.2) is 28.6 Å². The van der Waals surface area contributed by atoms with Gasteiger partial charge in [0.2, 0.25) is 0 Å². The zero-order valence-electron chi connectivity index (χ0n) is 12.1. The number of thiocarbonyl (C=S) groups is 1. The van der Waals surface area contributed by atoms with E-state index < -0.39 is 6.04 Å². The monoisotopic (exact) mass is 335 g/mol. The minimum atomic E-state index is -0.449. The van der Waals surface area contributed by atoms with E-state index >= 15 is 0 Å². The Labute approximate surface area is 138 Å². The highest BCUT2D eigenvalue weighted by Crippen LogP contribution is 2.25. The van der Waals surface area contributed by atoms with E-state index in [0.29, 0.717) is 16.8 Å². The first-order valence-electron chi connectivity index (χ1n) is 6.67. The number of aromatic nitrogens is 1. The first-order valence-corrected chi connectivity index (χ1v) is 7.89. The molecule has 0 aliphatic carbocycles. The van der Waals surface area contributed by atoms with Gasteiger partial charge in [-0.1, -0.05) is 29.5 Å². The number of nitrogens with zero attached hydrogens (tertiary/aromatic N) is 1. The molecule has 1 heterocycles. The van der Waals surface area contributed by atoms with Crippen molar-refractivity contribution in [3.63, 3.8) is 0 Å². The molecule has 0 radical (unpaired) electrons. The number of fused-ring (bicyclic) bond motifs is 1. The lowest BCUT2D eigenvalue weighted by molar-refractivity contribution is -0.122. The fourth-order valence-corrected chi connectivity index (χ4v) is 2.71. The van der Waals surface area contributed by atoms with Crippen molar-refractivity contribution in [3.8, 4) is 0 Å². The summed E-state index contributed by atoms with van der Waals surface area (Å²) in [7, 11) is 0. The summed E-state index contributed by atoms with van der Waals surface area (Å²) in [5.41, 5.74) is 6.07. The second-order valence-electron chi connectivity index (χ2n) is 4.47. The van der Waals surface area contributed by atoms with Gasteiger partial charge < -0.3 is 10.6 Å². The normalized spacial score (nSPS) is 11.5. The Morgan fingerprint density at radius 2 is 2.23 bits per heavy atom. The van der Waals surface area contributed by atoms with Crippen molar-refractivity contribution in [1.82, 2.24) is 21.2 Å². The molecular formula is C14H17N5OS2. The number of anilines is 1. The van der Waals surface area contributed by atoms with Gasteiger partial charge in [-0.2, -0.15) is 0 Å². The molecule has 0 aliphatic heterocycles. The maximum Gasteiger partial charge on any atom is 0.260 e. The van der Waals surface area contributed by atoms with Crippen molar-refractivity contribution in [2.45, 2.75) is 13.0 Å².